The van der Waals surface area contributed by atoms with Gasteiger partial charge in [-0.2, -0.15) is 0 Å². The van der Waals surface area contributed by atoms with E-state index >= 15 is 0 Å². The zero-order chi connectivity index (χ0) is 20.1. The minimum atomic E-state index is -0.0883. The number of carbonyl (C=O) groups excluding carboxylic acids is 2. The molecule has 1 aliphatic carbocycles. The van der Waals surface area contributed by atoms with Crippen LogP contribution in [0.5, 0.6) is 0 Å². The molecule has 0 saturated carbocycles. The van der Waals surface area contributed by atoms with Gasteiger partial charge in [0.05, 0.1) is 11.3 Å². The van der Waals surface area contributed by atoms with Gasteiger partial charge in [0.1, 0.15) is 0 Å². The van der Waals surface area contributed by atoms with Crippen molar-refractivity contribution in [2.75, 3.05) is 5.32 Å². The van der Waals surface area contributed by atoms with E-state index in [0.29, 0.717) is 29.1 Å². The van der Waals surface area contributed by atoms with Crippen LogP contribution in [0.1, 0.15) is 73.5 Å². The monoisotopic (exact) mass is 399 g/mol. The standard InChI is InChI=1S/C22H26ClN3O2/c1-3-4-5-6-14(2)21(28)26-22-24-13-18-19(25-22)11-16(12-20(18)27)15-7-9-17(23)10-8-15/h7-10,13-14,16H,3-6,11-12H2,1-2H3,(H,24,25,26,28)/t14-,16-/m0/s1. The number of benzene rings is 1. The molecule has 5 nitrogen and oxygen atoms in total. The fraction of sp³-hybridized carbons (Fsp3) is 0.455. The number of halogens is 1. The highest BCUT2D eigenvalue weighted by molar-refractivity contribution is 6.30. The van der Waals surface area contributed by atoms with Crippen LogP contribution in [0.3, 0.4) is 0 Å². The Balaban J connectivity index is 1.71. The van der Waals surface area contributed by atoms with E-state index in [0.717, 1.165) is 31.2 Å². The number of aromatic nitrogens is 2. The van der Waals surface area contributed by atoms with Crippen molar-refractivity contribution in [3.63, 3.8) is 0 Å². The lowest BCUT2D eigenvalue weighted by Gasteiger charge is -2.23. The van der Waals surface area contributed by atoms with Crippen LogP contribution in [0.4, 0.5) is 5.95 Å². The summed E-state index contributed by atoms with van der Waals surface area (Å²) < 4.78 is 0. The first-order valence-corrected chi connectivity index (χ1v) is 10.3. The smallest absolute Gasteiger partial charge is 0.229 e. The minimum absolute atomic E-state index is 0.0343. The van der Waals surface area contributed by atoms with Gasteiger partial charge in [0.2, 0.25) is 11.9 Å². The third kappa shape index (κ3) is 4.96. The molecule has 0 fully saturated rings. The summed E-state index contributed by atoms with van der Waals surface area (Å²) >= 11 is 5.97. The molecule has 0 bridgehead atoms. The van der Waals surface area contributed by atoms with Gasteiger partial charge in [0.15, 0.2) is 5.78 Å². The van der Waals surface area contributed by atoms with Crippen LogP contribution >= 0.6 is 11.6 Å². The molecule has 1 N–H and O–H groups in total. The number of amides is 1. The van der Waals surface area contributed by atoms with Crippen molar-refractivity contribution in [1.29, 1.82) is 0 Å². The zero-order valence-corrected chi connectivity index (χ0v) is 17.1. The van der Waals surface area contributed by atoms with E-state index < -0.39 is 0 Å². The molecule has 1 aliphatic rings. The lowest BCUT2D eigenvalue weighted by Crippen LogP contribution is -2.24. The number of ketones is 1. The maximum Gasteiger partial charge on any atom is 0.229 e. The predicted molar refractivity (Wildman–Crippen MR) is 111 cm³/mol. The van der Waals surface area contributed by atoms with E-state index in [-0.39, 0.29) is 29.5 Å². The summed E-state index contributed by atoms with van der Waals surface area (Å²) in [6, 6.07) is 7.57. The van der Waals surface area contributed by atoms with Crippen molar-refractivity contribution in [3.05, 3.63) is 52.3 Å². The molecule has 0 unspecified atom stereocenters. The number of nitrogens with zero attached hydrogens (tertiary/aromatic N) is 2. The predicted octanol–water partition coefficient (Wildman–Crippen LogP) is 5.20. The van der Waals surface area contributed by atoms with Gasteiger partial charge in [-0.1, -0.05) is 56.8 Å². The number of carbonyl (C=O) groups is 2. The van der Waals surface area contributed by atoms with E-state index in [1.807, 2.05) is 31.2 Å². The van der Waals surface area contributed by atoms with E-state index in [9.17, 15) is 9.59 Å². The fourth-order valence-corrected chi connectivity index (χ4v) is 3.67. The summed E-state index contributed by atoms with van der Waals surface area (Å²) in [5.41, 5.74) is 2.32. The van der Waals surface area contributed by atoms with Crippen molar-refractivity contribution in [3.8, 4) is 0 Å². The molecular formula is C22H26ClN3O2. The number of anilines is 1. The molecule has 2 aromatic rings. The molecular weight excluding hydrogens is 374 g/mol. The molecule has 0 spiro atoms. The first-order chi connectivity index (χ1) is 13.5. The summed E-state index contributed by atoms with van der Waals surface area (Å²) in [6.45, 7) is 4.06. The van der Waals surface area contributed by atoms with Gasteiger partial charge in [-0.3, -0.25) is 14.9 Å². The Morgan fingerprint density at radius 1 is 1.25 bits per heavy atom. The Bertz CT molecular complexity index is 851. The third-order valence-corrected chi connectivity index (χ3v) is 5.56. The molecule has 1 amide bonds. The van der Waals surface area contributed by atoms with Gasteiger partial charge in [-0.05, 0) is 36.5 Å². The van der Waals surface area contributed by atoms with Crippen molar-refractivity contribution in [2.45, 2.75) is 58.3 Å². The van der Waals surface area contributed by atoms with Crippen LogP contribution in [0.2, 0.25) is 5.02 Å². The van der Waals surface area contributed by atoms with Gasteiger partial charge < -0.3 is 0 Å². The van der Waals surface area contributed by atoms with Gasteiger partial charge in [-0.25, -0.2) is 9.97 Å². The van der Waals surface area contributed by atoms with E-state index in [1.54, 1.807) is 6.20 Å². The molecule has 3 rings (SSSR count). The average molecular weight is 400 g/mol. The average Bonchev–Trinajstić information content (AvgIpc) is 2.68. The number of Topliss-reactive ketones (excluding diaryl/α,β-unsaturated/α-hetero) is 1. The van der Waals surface area contributed by atoms with Crippen LogP contribution in [-0.4, -0.2) is 21.7 Å². The molecule has 0 saturated heterocycles. The number of rotatable bonds is 7. The van der Waals surface area contributed by atoms with Crippen molar-refractivity contribution < 1.29 is 9.59 Å². The Morgan fingerprint density at radius 2 is 2.00 bits per heavy atom. The van der Waals surface area contributed by atoms with E-state index in [2.05, 4.69) is 22.2 Å². The molecule has 1 heterocycles. The Labute approximate surface area is 170 Å². The van der Waals surface area contributed by atoms with Gasteiger partial charge in [-0.15, -0.1) is 0 Å². The van der Waals surface area contributed by atoms with Crippen LogP contribution in [0.15, 0.2) is 30.5 Å². The highest BCUT2D eigenvalue weighted by atomic mass is 35.5. The second kappa shape index (κ2) is 9.28. The third-order valence-electron chi connectivity index (χ3n) is 5.30. The first kappa shape index (κ1) is 20.5. The quantitative estimate of drug-likeness (QED) is 0.649. The number of unbranched alkanes of at least 4 members (excludes halogenated alkanes) is 2. The van der Waals surface area contributed by atoms with Gasteiger partial charge in [0, 0.05) is 23.6 Å². The van der Waals surface area contributed by atoms with Crippen LogP contribution in [-0.2, 0) is 11.2 Å². The molecule has 1 aromatic carbocycles. The fourth-order valence-electron chi connectivity index (χ4n) is 3.54. The number of hydrogen-bond donors (Lipinski definition) is 1. The highest BCUT2D eigenvalue weighted by Crippen LogP contribution is 2.32. The van der Waals surface area contributed by atoms with Crippen LogP contribution in [0, 0.1) is 5.92 Å². The lowest BCUT2D eigenvalue weighted by molar-refractivity contribution is -0.119. The maximum absolute atomic E-state index is 12.5. The maximum atomic E-state index is 12.5. The minimum Gasteiger partial charge on any atom is -0.294 e. The zero-order valence-electron chi connectivity index (χ0n) is 16.4. The lowest BCUT2D eigenvalue weighted by atomic mass is 9.82. The first-order valence-electron chi connectivity index (χ1n) is 9.93. The van der Waals surface area contributed by atoms with E-state index in [1.165, 1.54) is 0 Å². The normalized spacial score (nSPS) is 17.1. The molecule has 148 valence electrons. The topological polar surface area (TPSA) is 72.0 Å². The second-order valence-corrected chi connectivity index (χ2v) is 7.96. The van der Waals surface area contributed by atoms with Crippen LogP contribution < -0.4 is 5.32 Å². The number of hydrogen-bond acceptors (Lipinski definition) is 4. The number of nitrogens with one attached hydrogen (secondary N) is 1. The SMILES string of the molecule is CCCCC[C@H](C)C(=O)Nc1ncc2c(n1)C[C@H](c1ccc(Cl)cc1)CC2=O. The summed E-state index contributed by atoms with van der Waals surface area (Å²) in [7, 11) is 0. The summed E-state index contributed by atoms with van der Waals surface area (Å²) in [5.74, 6) is 0.202. The van der Waals surface area contributed by atoms with Crippen molar-refractivity contribution >= 4 is 29.2 Å². The summed E-state index contributed by atoms with van der Waals surface area (Å²) in [4.78, 5) is 33.6. The van der Waals surface area contributed by atoms with Crippen molar-refractivity contribution in [2.24, 2.45) is 5.92 Å². The Hall–Kier alpha value is -2.27. The van der Waals surface area contributed by atoms with Gasteiger partial charge in [0.25, 0.3) is 0 Å². The molecule has 6 heteroatoms. The number of fused-ring (bicyclic) bond motifs is 1. The van der Waals surface area contributed by atoms with E-state index in [4.69, 9.17) is 11.6 Å². The van der Waals surface area contributed by atoms with Crippen molar-refractivity contribution in [1.82, 2.24) is 9.97 Å². The largest absolute Gasteiger partial charge is 0.294 e. The second-order valence-electron chi connectivity index (χ2n) is 7.52. The summed E-state index contributed by atoms with van der Waals surface area (Å²) in [5, 5.41) is 3.48. The van der Waals surface area contributed by atoms with Crippen LogP contribution in [0.25, 0.3) is 0 Å². The molecule has 28 heavy (non-hydrogen) atoms. The van der Waals surface area contributed by atoms with Gasteiger partial charge >= 0.3 is 0 Å². The Kier molecular flexibility index (Phi) is 6.79. The summed E-state index contributed by atoms with van der Waals surface area (Å²) in [6.07, 6.45) is 6.75. The molecule has 0 radical (unpaired) electrons. The molecule has 1 aromatic heterocycles. The highest BCUT2D eigenvalue weighted by Gasteiger charge is 2.28. The molecule has 2 atom stereocenters. The Morgan fingerprint density at radius 3 is 2.71 bits per heavy atom. The molecule has 0 aliphatic heterocycles.